The van der Waals surface area contributed by atoms with Gasteiger partial charge in [-0.2, -0.15) is 0 Å². The molecule has 8 nitrogen and oxygen atoms in total. The molecule has 1 saturated heterocycles. The van der Waals surface area contributed by atoms with Gasteiger partial charge in [0.2, 0.25) is 0 Å². The molecule has 35 heavy (non-hydrogen) atoms. The second-order valence-electron chi connectivity index (χ2n) is 8.37. The Morgan fingerprint density at radius 1 is 0.971 bits per heavy atom. The minimum atomic E-state index is -0.364. The molecule has 2 heterocycles. The zero-order valence-electron chi connectivity index (χ0n) is 20.0. The molecule has 0 saturated carbocycles. The third-order valence-electron chi connectivity index (χ3n) is 6.14. The summed E-state index contributed by atoms with van der Waals surface area (Å²) in [7, 11) is 3.01. The van der Waals surface area contributed by atoms with E-state index in [9.17, 15) is 9.59 Å². The number of nitrogens with zero attached hydrogens (tertiary/aromatic N) is 2. The molecule has 1 aromatic heterocycles. The molecule has 1 atom stereocenters. The molecular weight excluding hydrogens is 448 g/mol. The number of methoxy groups -OCH3 is 2. The summed E-state index contributed by atoms with van der Waals surface area (Å²) in [6.07, 6.45) is 2.81. The van der Waals surface area contributed by atoms with Crippen LogP contribution in [0.25, 0.3) is 0 Å². The molecule has 4 rings (SSSR count). The predicted octanol–water partition coefficient (Wildman–Crippen LogP) is 3.79. The second-order valence-corrected chi connectivity index (χ2v) is 8.37. The number of carbonyl (C=O) groups is 2. The van der Waals surface area contributed by atoms with E-state index < -0.39 is 0 Å². The lowest BCUT2D eigenvalue weighted by Gasteiger charge is -2.36. The molecule has 1 fully saturated rings. The molecule has 1 aliphatic rings. The third-order valence-corrected chi connectivity index (χ3v) is 6.14. The predicted molar refractivity (Wildman–Crippen MR) is 129 cm³/mol. The zero-order valence-corrected chi connectivity index (χ0v) is 20.0. The van der Waals surface area contributed by atoms with Crippen LogP contribution >= 0.6 is 0 Å². The van der Waals surface area contributed by atoms with Crippen molar-refractivity contribution >= 4 is 11.9 Å². The highest BCUT2D eigenvalue weighted by Gasteiger charge is 2.25. The van der Waals surface area contributed by atoms with Crippen LogP contribution in [0.3, 0.4) is 0 Å². The van der Waals surface area contributed by atoms with Crippen molar-refractivity contribution < 1.29 is 28.2 Å². The van der Waals surface area contributed by atoms with Crippen molar-refractivity contribution in [2.75, 3.05) is 46.9 Å². The summed E-state index contributed by atoms with van der Waals surface area (Å²) in [5.41, 5.74) is 3.06. The third kappa shape index (κ3) is 6.29. The van der Waals surface area contributed by atoms with Crippen LogP contribution < -0.4 is 4.74 Å². The SMILES string of the molecule is COC(=O)c1ccc(COC(CN2CCN(C(=O)c3ccoc3)CC2)c2cccc(OC)c2)cc1. The van der Waals surface area contributed by atoms with E-state index in [1.54, 1.807) is 25.3 Å². The van der Waals surface area contributed by atoms with Crippen LogP contribution in [0.2, 0.25) is 0 Å². The molecule has 0 aliphatic carbocycles. The van der Waals surface area contributed by atoms with E-state index >= 15 is 0 Å². The van der Waals surface area contributed by atoms with Crippen LogP contribution in [0.1, 0.15) is 37.9 Å². The van der Waals surface area contributed by atoms with Crippen LogP contribution in [0.15, 0.2) is 71.5 Å². The Labute approximate surface area is 205 Å². The van der Waals surface area contributed by atoms with E-state index in [4.69, 9.17) is 18.6 Å². The van der Waals surface area contributed by atoms with Crippen LogP contribution in [0.4, 0.5) is 0 Å². The van der Waals surface area contributed by atoms with Gasteiger partial charge in [0, 0.05) is 32.7 Å². The summed E-state index contributed by atoms with van der Waals surface area (Å²) < 4.78 is 21.6. The summed E-state index contributed by atoms with van der Waals surface area (Å²) in [5, 5.41) is 0. The van der Waals surface area contributed by atoms with Crippen LogP contribution in [-0.2, 0) is 16.1 Å². The minimum Gasteiger partial charge on any atom is -0.497 e. The molecule has 0 N–H and O–H groups in total. The van der Waals surface area contributed by atoms with E-state index in [2.05, 4.69) is 4.90 Å². The average molecular weight is 479 g/mol. The van der Waals surface area contributed by atoms with Crippen molar-refractivity contribution in [3.8, 4) is 5.75 Å². The number of rotatable bonds is 9. The number of piperazine rings is 1. The molecule has 3 aromatic rings. The van der Waals surface area contributed by atoms with Gasteiger partial charge in [0.15, 0.2) is 0 Å². The maximum Gasteiger partial charge on any atom is 0.337 e. The highest BCUT2D eigenvalue weighted by atomic mass is 16.5. The van der Waals surface area contributed by atoms with Crippen molar-refractivity contribution in [3.63, 3.8) is 0 Å². The number of ether oxygens (including phenoxy) is 3. The van der Waals surface area contributed by atoms with Gasteiger partial charge in [-0.25, -0.2) is 4.79 Å². The first-order chi connectivity index (χ1) is 17.1. The molecule has 1 unspecified atom stereocenters. The van der Waals surface area contributed by atoms with Gasteiger partial charge in [-0.3, -0.25) is 9.69 Å². The fourth-order valence-electron chi connectivity index (χ4n) is 4.08. The normalized spacial score (nSPS) is 15.0. The lowest BCUT2D eigenvalue weighted by molar-refractivity contribution is 0.00331. The van der Waals surface area contributed by atoms with Crippen molar-refractivity contribution in [2.45, 2.75) is 12.7 Å². The van der Waals surface area contributed by atoms with Gasteiger partial charge < -0.3 is 23.5 Å². The Bertz CT molecular complexity index is 1100. The number of esters is 1. The first-order valence-electron chi connectivity index (χ1n) is 11.5. The number of furan rings is 1. The maximum atomic E-state index is 12.6. The monoisotopic (exact) mass is 478 g/mol. The van der Waals surface area contributed by atoms with E-state index in [0.29, 0.717) is 37.4 Å². The molecular formula is C27H30N2O6. The topological polar surface area (TPSA) is 81.5 Å². The van der Waals surface area contributed by atoms with Crippen molar-refractivity contribution in [1.82, 2.24) is 9.80 Å². The highest BCUT2D eigenvalue weighted by Crippen LogP contribution is 2.25. The molecule has 184 valence electrons. The fraction of sp³-hybridized carbons (Fsp3) is 0.333. The molecule has 1 amide bonds. The summed E-state index contributed by atoms with van der Waals surface area (Å²) in [6.45, 7) is 3.86. The smallest absolute Gasteiger partial charge is 0.337 e. The van der Waals surface area contributed by atoms with E-state index in [0.717, 1.165) is 30.0 Å². The van der Waals surface area contributed by atoms with Crippen molar-refractivity contribution in [2.24, 2.45) is 0 Å². The van der Waals surface area contributed by atoms with Crippen LogP contribution in [-0.4, -0.2) is 68.6 Å². The Kier molecular flexibility index (Phi) is 8.18. The average Bonchev–Trinajstić information content (AvgIpc) is 3.46. The molecule has 2 aromatic carbocycles. The lowest BCUT2D eigenvalue weighted by atomic mass is 10.1. The summed E-state index contributed by atoms with van der Waals surface area (Å²) in [4.78, 5) is 28.5. The molecule has 1 aliphatic heterocycles. The summed E-state index contributed by atoms with van der Waals surface area (Å²) in [5.74, 6) is 0.403. The molecule has 0 radical (unpaired) electrons. The van der Waals surface area contributed by atoms with Gasteiger partial charge in [-0.15, -0.1) is 0 Å². The van der Waals surface area contributed by atoms with Crippen molar-refractivity contribution in [3.05, 3.63) is 89.4 Å². The first kappa shape index (κ1) is 24.5. The lowest BCUT2D eigenvalue weighted by Crippen LogP contribution is -2.49. The maximum absolute atomic E-state index is 12.6. The van der Waals surface area contributed by atoms with Gasteiger partial charge in [0.1, 0.15) is 12.0 Å². The van der Waals surface area contributed by atoms with Crippen molar-refractivity contribution in [1.29, 1.82) is 0 Å². The van der Waals surface area contributed by atoms with Gasteiger partial charge in [-0.1, -0.05) is 24.3 Å². The quantitative estimate of drug-likeness (QED) is 0.433. The van der Waals surface area contributed by atoms with E-state index in [1.165, 1.54) is 19.6 Å². The van der Waals surface area contributed by atoms with Gasteiger partial charge in [0.25, 0.3) is 5.91 Å². The number of benzene rings is 2. The molecule has 0 bridgehead atoms. The Balaban J connectivity index is 1.40. The molecule has 0 spiro atoms. The largest absolute Gasteiger partial charge is 0.497 e. The number of hydrogen-bond acceptors (Lipinski definition) is 7. The zero-order chi connectivity index (χ0) is 24.6. The fourth-order valence-corrected chi connectivity index (χ4v) is 4.08. The van der Waals surface area contributed by atoms with Gasteiger partial charge >= 0.3 is 5.97 Å². The number of amides is 1. The van der Waals surface area contributed by atoms with E-state index in [-0.39, 0.29) is 18.0 Å². The summed E-state index contributed by atoms with van der Waals surface area (Å²) >= 11 is 0. The Hall–Kier alpha value is -3.62. The minimum absolute atomic E-state index is 0.00519. The van der Waals surface area contributed by atoms with Gasteiger partial charge in [0.05, 0.1) is 44.3 Å². The second kappa shape index (κ2) is 11.7. The molecule has 8 heteroatoms. The Morgan fingerprint density at radius 3 is 2.40 bits per heavy atom. The highest BCUT2D eigenvalue weighted by molar-refractivity contribution is 5.93. The number of hydrogen-bond donors (Lipinski definition) is 0. The van der Waals surface area contributed by atoms with E-state index in [1.807, 2.05) is 41.3 Å². The number of carbonyl (C=O) groups excluding carboxylic acids is 2. The standard InChI is InChI=1S/C27H30N2O6/c1-32-24-5-3-4-22(16-24)25(35-18-20-6-8-21(9-7-20)27(31)33-2)17-28-11-13-29(14-12-28)26(30)23-10-15-34-19-23/h3-10,15-16,19,25H,11-14,17-18H2,1-2H3. The van der Waals surface area contributed by atoms with Crippen LogP contribution in [0.5, 0.6) is 5.75 Å². The summed E-state index contributed by atoms with van der Waals surface area (Å²) in [6, 6.07) is 16.8. The first-order valence-corrected chi connectivity index (χ1v) is 11.5. The van der Waals surface area contributed by atoms with Crippen LogP contribution in [0, 0.1) is 0 Å². The van der Waals surface area contributed by atoms with Gasteiger partial charge in [-0.05, 0) is 41.5 Å². The Morgan fingerprint density at radius 2 is 1.74 bits per heavy atom.